The number of aromatic hydroxyl groups is 1. The van der Waals surface area contributed by atoms with Gasteiger partial charge in [0.2, 0.25) is 0 Å². The summed E-state index contributed by atoms with van der Waals surface area (Å²) >= 11 is 7.49. The molecule has 3 fully saturated rings. The van der Waals surface area contributed by atoms with E-state index in [1.165, 1.54) is 22.7 Å². The van der Waals surface area contributed by atoms with E-state index in [1.54, 1.807) is 9.80 Å². The van der Waals surface area contributed by atoms with Crippen molar-refractivity contribution in [3.63, 3.8) is 0 Å². The number of benzene rings is 1. The van der Waals surface area contributed by atoms with Crippen LogP contribution in [0.1, 0.15) is 61.6 Å². The van der Waals surface area contributed by atoms with Gasteiger partial charge >= 0.3 is 18.3 Å². The van der Waals surface area contributed by atoms with Crippen molar-refractivity contribution in [2.24, 2.45) is 0 Å². The third-order valence-electron chi connectivity index (χ3n) is 9.80. The number of carbonyl (C=O) groups is 3. The van der Waals surface area contributed by atoms with Crippen molar-refractivity contribution in [3.05, 3.63) is 44.6 Å². The number of piperidine rings is 3. The second-order valence-electron chi connectivity index (χ2n) is 12.8. The average Bonchev–Trinajstić information content (AvgIpc) is 3.52. The molecular formula is C32H39ClF3N5O5S. The van der Waals surface area contributed by atoms with E-state index < -0.39 is 40.6 Å². The van der Waals surface area contributed by atoms with E-state index in [9.17, 15) is 32.7 Å². The van der Waals surface area contributed by atoms with Crippen molar-refractivity contribution in [1.82, 2.24) is 19.6 Å². The number of nitrogens with zero attached hydrogens (tertiary/aromatic N) is 4. The normalized spacial score (nSPS) is 20.9. The van der Waals surface area contributed by atoms with Crippen LogP contribution in [0.5, 0.6) is 5.75 Å². The average molecular weight is 698 g/mol. The number of phenols is 1. The monoisotopic (exact) mass is 697 g/mol. The van der Waals surface area contributed by atoms with Crippen LogP contribution in [0.2, 0.25) is 5.02 Å². The van der Waals surface area contributed by atoms with Crippen LogP contribution in [0, 0.1) is 0 Å². The molecule has 0 spiro atoms. The lowest BCUT2D eigenvalue weighted by atomic mass is 9.98. The molecule has 0 radical (unpaired) electrons. The Morgan fingerprint density at radius 2 is 1.64 bits per heavy atom. The SMILES string of the molecule is O=C(O[C@H](Cc1cc(Cl)c(O)c(C(F)(F)F)c1)C(=O)N1CCC(N2CCCCC2)CC1)N1CCC(N2Cc3cscc3NC2=O)CC1. The van der Waals surface area contributed by atoms with E-state index in [0.717, 1.165) is 62.2 Å². The largest absolute Gasteiger partial charge is 0.506 e. The summed E-state index contributed by atoms with van der Waals surface area (Å²) < 4.78 is 46.8. The molecule has 15 heteroatoms. The van der Waals surface area contributed by atoms with Gasteiger partial charge in [0.1, 0.15) is 5.75 Å². The minimum absolute atomic E-state index is 0.0112. The van der Waals surface area contributed by atoms with Crippen LogP contribution in [-0.4, -0.2) is 100 Å². The van der Waals surface area contributed by atoms with Gasteiger partial charge in [0, 0.05) is 55.6 Å². The van der Waals surface area contributed by atoms with Crippen molar-refractivity contribution >= 4 is 46.7 Å². The predicted octanol–water partition coefficient (Wildman–Crippen LogP) is 6.16. The summed E-state index contributed by atoms with van der Waals surface area (Å²) in [4.78, 5) is 47.4. The molecule has 6 rings (SSSR count). The fraction of sp³-hybridized carbons (Fsp3) is 0.594. The van der Waals surface area contributed by atoms with Crippen LogP contribution >= 0.6 is 22.9 Å². The van der Waals surface area contributed by atoms with Crippen LogP contribution in [-0.2, 0) is 28.7 Å². The smallest absolute Gasteiger partial charge is 0.420 e. The Morgan fingerprint density at radius 3 is 2.32 bits per heavy atom. The van der Waals surface area contributed by atoms with Crippen molar-refractivity contribution in [2.75, 3.05) is 44.6 Å². The number of urea groups is 1. The molecule has 0 unspecified atom stereocenters. The lowest BCUT2D eigenvalue weighted by Gasteiger charge is -2.41. The zero-order valence-electron chi connectivity index (χ0n) is 25.9. The van der Waals surface area contributed by atoms with Gasteiger partial charge < -0.3 is 34.8 Å². The van der Waals surface area contributed by atoms with E-state index in [0.29, 0.717) is 38.5 Å². The first kappa shape index (κ1) is 33.7. The molecule has 3 saturated heterocycles. The van der Waals surface area contributed by atoms with Crippen molar-refractivity contribution < 1.29 is 37.4 Å². The first-order valence-corrected chi connectivity index (χ1v) is 17.5. The fourth-order valence-electron chi connectivity index (χ4n) is 7.17. The molecule has 0 bridgehead atoms. The summed E-state index contributed by atoms with van der Waals surface area (Å²) in [5.41, 5.74) is 0.553. The molecule has 256 valence electrons. The summed E-state index contributed by atoms with van der Waals surface area (Å²) in [5, 5.41) is 16.3. The van der Waals surface area contributed by atoms with Crippen LogP contribution < -0.4 is 5.32 Å². The summed E-state index contributed by atoms with van der Waals surface area (Å²) in [7, 11) is 0. The molecule has 4 aliphatic heterocycles. The quantitative estimate of drug-likeness (QED) is 0.375. The van der Waals surface area contributed by atoms with Crippen LogP contribution in [0.4, 0.5) is 28.4 Å². The van der Waals surface area contributed by atoms with Crippen LogP contribution in [0.15, 0.2) is 22.9 Å². The molecule has 1 atom stereocenters. The number of fused-ring (bicyclic) bond motifs is 1. The number of likely N-dealkylation sites (tertiary alicyclic amines) is 3. The molecule has 1 aromatic heterocycles. The molecule has 2 N–H and O–H groups in total. The number of amides is 4. The molecule has 0 aliphatic carbocycles. The topological polar surface area (TPSA) is 106 Å². The maximum absolute atomic E-state index is 13.9. The summed E-state index contributed by atoms with van der Waals surface area (Å²) in [5.74, 6) is -1.57. The standard InChI is InChI=1S/C32H39ClF3N5O5S/c33-25-15-20(14-24(28(25)42)32(34,35)36)16-27(29(43)39-10-4-22(5-11-39)38-8-2-1-3-9-38)46-31(45)40-12-6-23(7-13-40)41-17-21-18-47-19-26(21)37-30(41)44/h14-15,18-19,22-23,27,42H,1-13,16-17H2,(H,37,44)/t27-/m1/s1. The zero-order chi connectivity index (χ0) is 33.3. The summed E-state index contributed by atoms with van der Waals surface area (Å²) in [6, 6.07) is 1.99. The van der Waals surface area contributed by atoms with Crippen LogP contribution in [0.3, 0.4) is 0 Å². The van der Waals surface area contributed by atoms with Gasteiger partial charge in [-0.05, 0) is 74.7 Å². The fourth-order valence-corrected chi connectivity index (χ4v) is 8.19. The van der Waals surface area contributed by atoms with Gasteiger partial charge in [0.25, 0.3) is 5.91 Å². The summed E-state index contributed by atoms with van der Waals surface area (Å²) in [6.45, 7) is 4.04. The van der Waals surface area contributed by atoms with Crippen LogP contribution in [0.25, 0.3) is 0 Å². The third-order valence-corrected chi connectivity index (χ3v) is 10.9. The Kier molecular flexibility index (Phi) is 10.1. The van der Waals surface area contributed by atoms with E-state index in [2.05, 4.69) is 10.2 Å². The number of nitrogens with one attached hydrogen (secondary N) is 1. The van der Waals surface area contributed by atoms with E-state index >= 15 is 0 Å². The molecule has 47 heavy (non-hydrogen) atoms. The predicted molar refractivity (Wildman–Crippen MR) is 171 cm³/mol. The molecule has 1 aromatic carbocycles. The zero-order valence-corrected chi connectivity index (χ0v) is 27.5. The molecule has 5 heterocycles. The van der Waals surface area contributed by atoms with Gasteiger partial charge in [-0.1, -0.05) is 18.0 Å². The Balaban J connectivity index is 1.13. The first-order valence-electron chi connectivity index (χ1n) is 16.2. The van der Waals surface area contributed by atoms with E-state index in [-0.39, 0.29) is 37.1 Å². The van der Waals surface area contributed by atoms with Crippen molar-refractivity contribution in [1.29, 1.82) is 0 Å². The molecular weight excluding hydrogens is 659 g/mol. The highest BCUT2D eigenvalue weighted by atomic mass is 35.5. The van der Waals surface area contributed by atoms with Crippen molar-refractivity contribution in [3.8, 4) is 5.75 Å². The van der Waals surface area contributed by atoms with Gasteiger partial charge in [0.05, 0.1) is 22.8 Å². The Labute approximate surface area is 280 Å². The number of phenolic OH excluding ortho intramolecular Hbond substituents is 1. The Hall–Kier alpha value is -3.23. The number of hydrogen-bond donors (Lipinski definition) is 2. The highest BCUT2D eigenvalue weighted by molar-refractivity contribution is 7.08. The number of halogens is 4. The first-order chi connectivity index (χ1) is 22.5. The minimum atomic E-state index is -4.88. The molecule has 4 amide bonds. The number of ether oxygens (including phenoxy) is 1. The highest BCUT2D eigenvalue weighted by Crippen LogP contribution is 2.41. The van der Waals surface area contributed by atoms with E-state index in [4.69, 9.17) is 16.3 Å². The van der Waals surface area contributed by atoms with Gasteiger partial charge in [0.15, 0.2) is 6.10 Å². The Bertz CT molecular complexity index is 1470. The lowest BCUT2D eigenvalue weighted by Crippen LogP contribution is -2.53. The highest BCUT2D eigenvalue weighted by Gasteiger charge is 2.39. The minimum Gasteiger partial charge on any atom is -0.506 e. The second kappa shape index (κ2) is 14.1. The Morgan fingerprint density at radius 1 is 0.979 bits per heavy atom. The molecule has 4 aliphatic rings. The number of thiophene rings is 1. The van der Waals surface area contributed by atoms with Gasteiger partial charge in [-0.15, -0.1) is 11.3 Å². The second-order valence-corrected chi connectivity index (χ2v) is 13.9. The maximum Gasteiger partial charge on any atom is 0.420 e. The van der Waals surface area contributed by atoms with E-state index in [1.807, 2.05) is 10.8 Å². The third kappa shape index (κ3) is 7.59. The van der Waals surface area contributed by atoms with Gasteiger partial charge in [-0.2, -0.15) is 13.2 Å². The molecule has 0 saturated carbocycles. The number of rotatable bonds is 6. The number of alkyl halides is 3. The molecule has 10 nitrogen and oxygen atoms in total. The van der Waals surface area contributed by atoms with Gasteiger partial charge in [-0.25, -0.2) is 9.59 Å². The number of anilines is 1. The number of hydrogen-bond acceptors (Lipinski definition) is 7. The lowest BCUT2D eigenvalue weighted by molar-refractivity contribution is -0.142. The van der Waals surface area contributed by atoms with Gasteiger partial charge in [-0.3, -0.25) is 4.79 Å². The maximum atomic E-state index is 13.9. The summed E-state index contributed by atoms with van der Waals surface area (Å²) in [6.07, 6.45) is -1.27. The van der Waals surface area contributed by atoms with Crippen molar-refractivity contribution in [2.45, 2.75) is 82.3 Å². The number of carbonyl (C=O) groups excluding carboxylic acids is 3. The molecule has 2 aromatic rings.